The fourth-order valence-electron chi connectivity index (χ4n) is 3.50. The van der Waals surface area contributed by atoms with Gasteiger partial charge in [-0.3, -0.25) is 9.35 Å². The van der Waals surface area contributed by atoms with Gasteiger partial charge in [-0.05, 0) is 49.9 Å². The number of piperidine rings is 1. The van der Waals surface area contributed by atoms with E-state index >= 15 is 0 Å². The van der Waals surface area contributed by atoms with Gasteiger partial charge in [0.1, 0.15) is 6.04 Å². The number of rotatable bonds is 7. The zero-order valence-electron chi connectivity index (χ0n) is 14.4. The normalized spacial score (nSPS) is 23.8. The average molecular weight is 384 g/mol. The molecule has 1 aromatic rings. The minimum atomic E-state index is -2.27. The number of nitrogens with zero attached hydrogens (tertiary/aromatic N) is 2. The topological polar surface area (TPSA) is 72.9 Å². The summed E-state index contributed by atoms with van der Waals surface area (Å²) in [6, 6.07) is 7.52. The summed E-state index contributed by atoms with van der Waals surface area (Å²) in [6.45, 7) is 4.69. The molecule has 1 amide bonds. The van der Waals surface area contributed by atoms with Crippen molar-refractivity contribution in [3.05, 3.63) is 29.8 Å². The van der Waals surface area contributed by atoms with Crippen molar-refractivity contribution in [2.45, 2.75) is 44.1 Å². The smallest absolute Gasteiger partial charge is 0.246 e. The van der Waals surface area contributed by atoms with Gasteiger partial charge in [0.15, 0.2) is 0 Å². The Morgan fingerprint density at radius 2 is 2.08 bits per heavy atom. The van der Waals surface area contributed by atoms with E-state index in [2.05, 4.69) is 37.2 Å². The Bertz CT molecular complexity index is 649. The molecule has 1 saturated carbocycles. The molecule has 6 nitrogen and oxygen atoms in total. The molecule has 0 spiro atoms. The van der Waals surface area contributed by atoms with Crippen LogP contribution in [-0.2, 0) is 21.5 Å². The van der Waals surface area contributed by atoms with E-state index < -0.39 is 17.3 Å². The number of nitrogens with one attached hydrogen (secondary N) is 1. The molecule has 2 atom stereocenters. The fraction of sp³-hybridized carbons (Fsp3) is 0.588. The molecule has 25 heavy (non-hydrogen) atoms. The zero-order valence-corrected chi connectivity index (χ0v) is 16.1. The van der Waals surface area contributed by atoms with Crippen LogP contribution in [0.25, 0.3) is 0 Å². The molecule has 2 N–H and O–H groups in total. The van der Waals surface area contributed by atoms with Crippen molar-refractivity contribution in [2.24, 2.45) is 0 Å². The van der Waals surface area contributed by atoms with Crippen LogP contribution in [0.4, 0.5) is 5.69 Å². The molecule has 3 rings (SSSR count). The number of amides is 1. The number of carbonyl (C=O) groups excluding carboxylic acids is 1. The van der Waals surface area contributed by atoms with Gasteiger partial charge in [-0.25, -0.2) is 4.21 Å². The van der Waals surface area contributed by atoms with E-state index in [9.17, 15) is 13.6 Å². The highest BCUT2D eigenvalue weighted by Crippen LogP contribution is 2.48. The Balaban J connectivity index is 1.73. The summed E-state index contributed by atoms with van der Waals surface area (Å²) in [5.74, 6) is -0.176. The minimum Gasteiger partial charge on any atom is -0.316 e. The number of thiol groups is 1. The van der Waals surface area contributed by atoms with E-state index in [-0.39, 0.29) is 11.3 Å². The number of likely N-dealkylation sites (N-methyl/N-ethyl adjacent to an activating group) is 1. The number of hydrogen-bond acceptors (Lipinski definition) is 4. The second-order valence-corrected chi connectivity index (χ2v) is 8.35. The van der Waals surface area contributed by atoms with Crippen LogP contribution in [0, 0.1) is 0 Å². The highest BCUT2D eigenvalue weighted by atomic mass is 32.2. The lowest BCUT2D eigenvalue weighted by Crippen LogP contribution is -2.50. The van der Waals surface area contributed by atoms with Gasteiger partial charge in [0.2, 0.25) is 17.2 Å². The summed E-state index contributed by atoms with van der Waals surface area (Å²) in [6.07, 6.45) is 3.70. The maximum atomic E-state index is 12.7. The predicted octanol–water partition coefficient (Wildman–Crippen LogP) is 2.11. The first-order valence-corrected chi connectivity index (χ1v) is 10.2. The first kappa shape index (κ1) is 18.8. The highest BCUT2D eigenvalue weighted by molar-refractivity contribution is 7.93. The molecule has 2 aliphatic rings. The van der Waals surface area contributed by atoms with E-state index in [0.717, 1.165) is 28.9 Å². The van der Waals surface area contributed by atoms with Gasteiger partial charge in [-0.15, -0.1) is 3.71 Å². The lowest BCUT2D eigenvalue weighted by molar-refractivity contribution is -0.122. The maximum absolute atomic E-state index is 12.7. The SMILES string of the molecule is CCNCC1(c2ccc(N3CCCC(N(S)S(=O)O)C3=O)cc2)CC1. The number of hydrogen-bond donors (Lipinski definition) is 3. The summed E-state index contributed by atoms with van der Waals surface area (Å²) in [5.41, 5.74) is 2.40. The van der Waals surface area contributed by atoms with Gasteiger partial charge in [0, 0.05) is 24.2 Å². The Kier molecular flexibility index (Phi) is 5.85. The molecular formula is C17H25N3O3S2. The summed E-state index contributed by atoms with van der Waals surface area (Å²) < 4.78 is 21.3. The predicted molar refractivity (Wildman–Crippen MR) is 103 cm³/mol. The van der Waals surface area contributed by atoms with Crippen LogP contribution >= 0.6 is 12.8 Å². The largest absolute Gasteiger partial charge is 0.316 e. The third kappa shape index (κ3) is 3.93. The Labute approximate surface area is 156 Å². The molecule has 2 unspecified atom stereocenters. The molecule has 0 radical (unpaired) electrons. The van der Waals surface area contributed by atoms with Crippen LogP contribution in [0.3, 0.4) is 0 Å². The van der Waals surface area contributed by atoms with E-state index in [1.807, 2.05) is 12.1 Å². The lowest BCUT2D eigenvalue weighted by atomic mass is 9.95. The second kappa shape index (κ2) is 7.75. The first-order chi connectivity index (χ1) is 12.0. The van der Waals surface area contributed by atoms with Crippen molar-refractivity contribution in [3.63, 3.8) is 0 Å². The molecule has 0 bridgehead atoms. The summed E-state index contributed by atoms with van der Waals surface area (Å²) >= 11 is 1.74. The molecule has 0 aromatic heterocycles. The van der Waals surface area contributed by atoms with Crippen molar-refractivity contribution < 1.29 is 13.6 Å². The first-order valence-electron chi connectivity index (χ1n) is 8.70. The fourth-order valence-corrected chi connectivity index (χ4v) is 4.13. The monoisotopic (exact) mass is 383 g/mol. The summed E-state index contributed by atoms with van der Waals surface area (Å²) in [7, 11) is 0. The van der Waals surface area contributed by atoms with Crippen LogP contribution in [0.2, 0.25) is 0 Å². The van der Waals surface area contributed by atoms with E-state index in [1.165, 1.54) is 18.4 Å². The van der Waals surface area contributed by atoms with Crippen molar-refractivity contribution in [1.29, 1.82) is 0 Å². The molecule has 1 aliphatic heterocycles. The molecular weight excluding hydrogens is 358 g/mol. The molecule has 138 valence electrons. The van der Waals surface area contributed by atoms with Crippen LogP contribution in [0.15, 0.2) is 24.3 Å². The summed E-state index contributed by atoms with van der Waals surface area (Å²) in [4.78, 5) is 14.4. The third-order valence-electron chi connectivity index (χ3n) is 5.20. The van der Waals surface area contributed by atoms with Crippen molar-refractivity contribution in [3.8, 4) is 0 Å². The molecule has 1 saturated heterocycles. The van der Waals surface area contributed by atoms with Crippen molar-refractivity contribution in [2.75, 3.05) is 24.5 Å². The average Bonchev–Trinajstić information content (AvgIpc) is 3.41. The maximum Gasteiger partial charge on any atom is 0.246 e. The molecule has 1 aromatic carbocycles. The standard InChI is InChI=1S/C17H25N3O3S2/c1-2-18-12-17(9-10-17)13-5-7-14(8-6-13)19-11-3-4-15(16(19)21)20(24)25(22)23/h5-8,15,18,24H,2-4,9-12H2,1H3,(H,22,23). The van der Waals surface area contributed by atoms with Gasteiger partial charge >= 0.3 is 0 Å². The van der Waals surface area contributed by atoms with Gasteiger partial charge in [-0.2, -0.15) is 0 Å². The van der Waals surface area contributed by atoms with Crippen LogP contribution < -0.4 is 10.2 Å². The minimum absolute atomic E-state index is 0.176. The lowest BCUT2D eigenvalue weighted by Gasteiger charge is -2.34. The van der Waals surface area contributed by atoms with Crippen molar-refractivity contribution >= 4 is 35.7 Å². The van der Waals surface area contributed by atoms with Gasteiger partial charge < -0.3 is 10.2 Å². The van der Waals surface area contributed by atoms with Crippen LogP contribution in [-0.4, -0.2) is 44.1 Å². The van der Waals surface area contributed by atoms with Crippen LogP contribution in [0.5, 0.6) is 0 Å². The van der Waals surface area contributed by atoms with Crippen LogP contribution in [0.1, 0.15) is 38.2 Å². The molecule has 2 fully saturated rings. The number of benzene rings is 1. The number of carbonyl (C=O) groups is 1. The molecule has 8 heteroatoms. The third-order valence-corrected chi connectivity index (χ3v) is 6.47. The Morgan fingerprint density at radius 1 is 1.40 bits per heavy atom. The van der Waals surface area contributed by atoms with Gasteiger partial charge in [-0.1, -0.05) is 31.9 Å². The Hall–Kier alpha value is -0.930. The van der Waals surface area contributed by atoms with E-state index in [4.69, 9.17) is 0 Å². The quantitative estimate of drug-likeness (QED) is 0.498. The van der Waals surface area contributed by atoms with E-state index in [0.29, 0.717) is 13.0 Å². The molecule has 1 heterocycles. The Morgan fingerprint density at radius 3 is 2.64 bits per heavy atom. The van der Waals surface area contributed by atoms with E-state index in [1.54, 1.807) is 4.90 Å². The molecule has 1 aliphatic carbocycles. The van der Waals surface area contributed by atoms with Gasteiger partial charge in [0.05, 0.1) is 0 Å². The van der Waals surface area contributed by atoms with Gasteiger partial charge in [0.25, 0.3) is 0 Å². The van der Waals surface area contributed by atoms with Crippen molar-refractivity contribution in [1.82, 2.24) is 9.03 Å². The highest BCUT2D eigenvalue weighted by Gasteiger charge is 2.43. The zero-order chi connectivity index (χ0) is 18.0. The second-order valence-electron chi connectivity index (χ2n) is 6.79. The summed E-state index contributed by atoms with van der Waals surface area (Å²) in [5, 5.41) is 3.43. The number of anilines is 1.